The van der Waals surface area contributed by atoms with Crippen molar-refractivity contribution in [3.63, 3.8) is 0 Å². The molecule has 2 aromatic carbocycles. The number of carbonyl (C=O) groups is 1. The number of aryl methyl sites for hydroxylation is 1. The maximum absolute atomic E-state index is 12.4. The van der Waals surface area contributed by atoms with Gasteiger partial charge in [0.15, 0.2) is 5.78 Å². The third-order valence-electron chi connectivity index (χ3n) is 3.83. The van der Waals surface area contributed by atoms with E-state index < -0.39 is 0 Å². The summed E-state index contributed by atoms with van der Waals surface area (Å²) in [5, 5.41) is 0. The lowest BCUT2D eigenvalue weighted by molar-refractivity contribution is 0.0961. The third kappa shape index (κ3) is 2.60. The number of Topliss-reactive ketones (excluding diaryl/α,β-unsaturated/α-hetero) is 1. The molecule has 0 bridgehead atoms. The fourth-order valence-corrected chi connectivity index (χ4v) is 2.83. The third-order valence-corrected chi connectivity index (χ3v) is 3.83. The number of ketones is 1. The van der Waals surface area contributed by atoms with Crippen molar-refractivity contribution in [1.82, 2.24) is 0 Å². The summed E-state index contributed by atoms with van der Waals surface area (Å²) in [5.41, 5.74) is 3.03. The Kier molecular flexibility index (Phi) is 3.55. The van der Waals surface area contributed by atoms with Crippen LogP contribution in [0.1, 0.15) is 27.9 Å². The second kappa shape index (κ2) is 5.49. The number of benzene rings is 2. The molecule has 0 unspecified atom stereocenters. The van der Waals surface area contributed by atoms with Gasteiger partial charge in [0.2, 0.25) is 0 Å². The zero-order chi connectivity index (χ0) is 13.9. The van der Waals surface area contributed by atoms with E-state index in [0.29, 0.717) is 13.0 Å². The molecular weight excluding hydrogens is 248 g/mol. The lowest BCUT2D eigenvalue weighted by atomic mass is 9.92. The van der Waals surface area contributed by atoms with Crippen molar-refractivity contribution in [3.05, 3.63) is 65.2 Å². The molecular formula is C18H18O2. The molecule has 1 aliphatic heterocycles. The summed E-state index contributed by atoms with van der Waals surface area (Å²) in [7, 11) is 0. The van der Waals surface area contributed by atoms with Gasteiger partial charge in [-0.05, 0) is 30.5 Å². The highest BCUT2D eigenvalue weighted by Gasteiger charge is 2.25. The Morgan fingerprint density at radius 1 is 1.10 bits per heavy atom. The van der Waals surface area contributed by atoms with Gasteiger partial charge in [0, 0.05) is 12.3 Å². The molecule has 0 radical (unpaired) electrons. The van der Waals surface area contributed by atoms with Crippen molar-refractivity contribution >= 4 is 5.78 Å². The van der Waals surface area contributed by atoms with E-state index in [4.69, 9.17) is 4.74 Å². The van der Waals surface area contributed by atoms with Crippen LogP contribution in [0, 0.1) is 12.8 Å². The quantitative estimate of drug-likeness (QED) is 0.826. The van der Waals surface area contributed by atoms with Crippen LogP contribution in [-0.4, -0.2) is 12.4 Å². The van der Waals surface area contributed by atoms with Crippen molar-refractivity contribution in [2.24, 2.45) is 5.92 Å². The van der Waals surface area contributed by atoms with E-state index in [-0.39, 0.29) is 11.7 Å². The van der Waals surface area contributed by atoms with Crippen LogP contribution in [-0.2, 0) is 6.42 Å². The van der Waals surface area contributed by atoms with E-state index >= 15 is 0 Å². The monoisotopic (exact) mass is 266 g/mol. The van der Waals surface area contributed by atoms with Crippen LogP contribution in [0.4, 0.5) is 0 Å². The molecule has 0 fully saturated rings. The molecule has 102 valence electrons. The number of hydrogen-bond acceptors (Lipinski definition) is 2. The Morgan fingerprint density at radius 3 is 2.70 bits per heavy atom. The Bertz CT molecular complexity index is 617. The standard InChI is InChI=1S/C18H18O2/c1-13-6-5-9-17-18(13)16(19)11-15(12-20-17)10-14-7-3-2-4-8-14/h2-9,15H,10-12H2,1H3/t15-/m1/s1. The highest BCUT2D eigenvalue weighted by molar-refractivity contribution is 6.00. The molecule has 0 saturated heterocycles. The van der Waals surface area contributed by atoms with Crippen molar-refractivity contribution in [1.29, 1.82) is 0 Å². The second-order valence-corrected chi connectivity index (χ2v) is 5.44. The van der Waals surface area contributed by atoms with E-state index in [2.05, 4.69) is 12.1 Å². The smallest absolute Gasteiger partial charge is 0.167 e. The summed E-state index contributed by atoms with van der Waals surface area (Å²) < 4.78 is 5.86. The summed E-state index contributed by atoms with van der Waals surface area (Å²) in [4.78, 5) is 12.4. The molecule has 1 heterocycles. The van der Waals surface area contributed by atoms with Crippen molar-refractivity contribution in [2.75, 3.05) is 6.61 Å². The van der Waals surface area contributed by atoms with Gasteiger partial charge in [-0.15, -0.1) is 0 Å². The highest BCUT2D eigenvalue weighted by Crippen LogP contribution is 2.29. The maximum atomic E-state index is 12.4. The lowest BCUT2D eigenvalue weighted by Gasteiger charge is -2.13. The number of carbonyl (C=O) groups excluding carboxylic acids is 1. The number of hydrogen-bond donors (Lipinski definition) is 0. The molecule has 1 atom stereocenters. The van der Waals surface area contributed by atoms with E-state index in [1.165, 1.54) is 5.56 Å². The summed E-state index contributed by atoms with van der Waals surface area (Å²) in [6.45, 7) is 2.58. The minimum Gasteiger partial charge on any atom is -0.493 e. The van der Waals surface area contributed by atoms with Gasteiger partial charge in [0.25, 0.3) is 0 Å². The van der Waals surface area contributed by atoms with Gasteiger partial charge in [0.05, 0.1) is 12.2 Å². The molecule has 2 heteroatoms. The Labute approximate surface area is 119 Å². The average molecular weight is 266 g/mol. The zero-order valence-corrected chi connectivity index (χ0v) is 11.6. The summed E-state index contributed by atoms with van der Waals surface area (Å²) in [5.74, 6) is 1.19. The summed E-state index contributed by atoms with van der Waals surface area (Å²) in [6.07, 6.45) is 1.45. The Morgan fingerprint density at radius 2 is 1.90 bits per heavy atom. The maximum Gasteiger partial charge on any atom is 0.167 e. The first-order valence-corrected chi connectivity index (χ1v) is 7.03. The van der Waals surface area contributed by atoms with Gasteiger partial charge in [0.1, 0.15) is 5.75 Å². The first-order valence-electron chi connectivity index (χ1n) is 7.03. The second-order valence-electron chi connectivity index (χ2n) is 5.44. The van der Waals surface area contributed by atoms with Gasteiger partial charge in [-0.25, -0.2) is 0 Å². The van der Waals surface area contributed by atoms with Crippen LogP contribution in [0.25, 0.3) is 0 Å². The van der Waals surface area contributed by atoms with Crippen LogP contribution >= 0.6 is 0 Å². The predicted molar refractivity (Wildman–Crippen MR) is 79.3 cm³/mol. The molecule has 0 saturated carbocycles. The largest absolute Gasteiger partial charge is 0.493 e. The first kappa shape index (κ1) is 12.9. The summed E-state index contributed by atoms with van der Waals surface area (Å²) in [6, 6.07) is 16.1. The molecule has 0 spiro atoms. The molecule has 2 nitrogen and oxygen atoms in total. The molecule has 0 aliphatic carbocycles. The van der Waals surface area contributed by atoms with Gasteiger partial charge >= 0.3 is 0 Å². The summed E-state index contributed by atoms with van der Waals surface area (Å²) >= 11 is 0. The molecule has 1 aliphatic rings. The van der Waals surface area contributed by atoms with Crippen molar-refractivity contribution in [3.8, 4) is 5.75 Å². The fourth-order valence-electron chi connectivity index (χ4n) is 2.83. The SMILES string of the molecule is Cc1cccc2c1C(=O)C[C@@H](Cc1ccccc1)CO2. The van der Waals surface area contributed by atoms with Crippen LogP contribution in [0.5, 0.6) is 5.75 Å². The lowest BCUT2D eigenvalue weighted by Crippen LogP contribution is -2.15. The predicted octanol–water partition coefficient (Wildman–Crippen LogP) is 3.82. The average Bonchev–Trinajstić information content (AvgIpc) is 2.60. The van der Waals surface area contributed by atoms with Crippen LogP contribution in [0.15, 0.2) is 48.5 Å². The highest BCUT2D eigenvalue weighted by atomic mass is 16.5. The van der Waals surface area contributed by atoms with E-state index in [1.807, 2.05) is 43.3 Å². The first-order chi connectivity index (χ1) is 9.74. The van der Waals surface area contributed by atoms with E-state index in [0.717, 1.165) is 23.3 Å². The van der Waals surface area contributed by atoms with Crippen LogP contribution < -0.4 is 4.74 Å². The molecule has 0 amide bonds. The minimum absolute atomic E-state index is 0.205. The van der Waals surface area contributed by atoms with Crippen molar-refractivity contribution in [2.45, 2.75) is 19.8 Å². The molecule has 20 heavy (non-hydrogen) atoms. The topological polar surface area (TPSA) is 26.3 Å². The van der Waals surface area contributed by atoms with Gasteiger partial charge in [-0.1, -0.05) is 42.5 Å². The van der Waals surface area contributed by atoms with E-state index in [1.54, 1.807) is 0 Å². The molecule has 0 N–H and O–H groups in total. The number of ether oxygens (including phenoxy) is 1. The van der Waals surface area contributed by atoms with Gasteiger partial charge in [-0.3, -0.25) is 4.79 Å². The minimum atomic E-state index is 0.205. The van der Waals surface area contributed by atoms with Gasteiger partial charge in [-0.2, -0.15) is 0 Å². The molecule has 2 aromatic rings. The van der Waals surface area contributed by atoms with E-state index in [9.17, 15) is 4.79 Å². The number of fused-ring (bicyclic) bond motifs is 1. The molecule has 3 rings (SSSR count). The molecule has 0 aromatic heterocycles. The van der Waals surface area contributed by atoms with Crippen LogP contribution in [0.3, 0.4) is 0 Å². The normalized spacial score (nSPS) is 18.1. The Hall–Kier alpha value is -2.09. The van der Waals surface area contributed by atoms with Gasteiger partial charge < -0.3 is 4.74 Å². The fraction of sp³-hybridized carbons (Fsp3) is 0.278. The number of rotatable bonds is 2. The van der Waals surface area contributed by atoms with Crippen LogP contribution in [0.2, 0.25) is 0 Å². The zero-order valence-electron chi connectivity index (χ0n) is 11.6. The Balaban J connectivity index is 1.81. The van der Waals surface area contributed by atoms with Crippen molar-refractivity contribution < 1.29 is 9.53 Å².